The maximum absolute atomic E-state index is 12.4. The predicted molar refractivity (Wildman–Crippen MR) is 97.5 cm³/mol. The largest absolute Gasteiger partial charge is 0.450 e. The molecule has 0 heterocycles. The van der Waals surface area contributed by atoms with Crippen LogP contribution in [0, 0.1) is 0 Å². The van der Waals surface area contributed by atoms with Crippen LogP contribution in [0.1, 0.15) is 43.9 Å². The Morgan fingerprint density at radius 2 is 1.88 bits per heavy atom. The maximum atomic E-state index is 12.4. The quantitative estimate of drug-likeness (QED) is 0.773. The summed E-state index contributed by atoms with van der Waals surface area (Å²) in [4.78, 5) is 37.2. The number of hydrogen-bond donors (Lipinski definition) is 2. The van der Waals surface area contributed by atoms with E-state index in [0.717, 1.165) is 19.3 Å². The van der Waals surface area contributed by atoms with Gasteiger partial charge < -0.3 is 10.1 Å². The van der Waals surface area contributed by atoms with E-state index >= 15 is 0 Å². The lowest BCUT2D eigenvalue weighted by molar-refractivity contribution is -0.125. The number of aryl methyl sites for hydroxylation is 1. The Hall–Kier alpha value is -2.41. The number of carbonyl (C=O) groups excluding carboxylic acids is 3. The van der Waals surface area contributed by atoms with Gasteiger partial charge in [0.2, 0.25) is 11.8 Å². The summed E-state index contributed by atoms with van der Waals surface area (Å²) in [5.74, 6) is -0.612. The van der Waals surface area contributed by atoms with Crippen LogP contribution in [0.25, 0.3) is 0 Å². The molecular formula is C19H27N3O4. The van der Waals surface area contributed by atoms with Gasteiger partial charge >= 0.3 is 6.09 Å². The molecule has 0 saturated heterocycles. The molecule has 2 rings (SSSR count). The van der Waals surface area contributed by atoms with Crippen LogP contribution in [0.3, 0.4) is 0 Å². The molecular weight excluding hydrogens is 334 g/mol. The average molecular weight is 361 g/mol. The third-order valence-corrected chi connectivity index (χ3v) is 4.40. The SMILES string of the molecule is CCOC(=O)NC(=O)CN(CC)CC(=O)N[C@H]1CCCc2ccccc21. The van der Waals surface area contributed by atoms with Gasteiger partial charge in [-0.25, -0.2) is 4.79 Å². The number of hydrogen-bond acceptors (Lipinski definition) is 5. The summed E-state index contributed by atoms with van der Waals surface area (Å²) in [6.07, 6.45) is 2.23. The molecule has 1 aliphatic rings. The molecule has 0 spiro atoms. The van der Waals surface area contributed by atoms with Crippen LogP contribution in [0.2, 0.25) is 0 Å². The van der Waals surface area contributed by atoms with E-state index in [1.807, 2.05) is 19.1 Å². The molecule has 0 fully saturated rings. The van der Waals surface area contributed by atoms with Crippen molar-refractivity contribution in [2.24, 2.45) is 0 Å². The predicted octanol–water partition coefficient (Wildman–Crippen LogP) is 1.77. The van der Waals surface area contributed by atoms with Gasteiger partial charge in [-0.15, -0.1) is 0 Å². The minimum absolute atomic E-state index is 0.0134. The van der Waals surface area contributed by atoms with Crippen LogP contribution in [0.4, 0.5) is 4.79 Å². The highest BCUT2D eigenvalue weighted by atomic mass is 16.5. The number of carbonyl (C=O) groups is 3. The average Bonchev–Trinajstić information content (AvgIpc) is 2.61. The van der Waals surface area contributed by atoms with E-state index in [1.54, 1.807) is 11.8 Å². The fourth-order valence-electron chi connectivity index (χ4n) is 3.15. The minimum atomic E-state index is -0.767. The summed E-state index contributed by atoms with van der Waals surface area (Å²) < 4.78 is 4.67. The molecule has 1 aromatic rings. The molecule has 7 nitrogen and oxygen atoms in total. The van der Waals surface area contributed by atoms with Gasteiger partial charge in [-0.2, -0.15) is 0 Å². The molecule has 7 heteroatoms. The standard InChI is InChI=1S/C19H27N3O4/c1-3-22(13-18(24)21-19(25)26-4-2)12-17(23)20-16-11-7-9-14-8-5-6-10-15(14)16/h5-6,8,10,16H,3-4,7,9,11-13H2,1-2H3,(H,20,23)(H,21,24,25)/t16-/m0/s1. The van der Waals surface area contributed by atoms with Crippen molar-refractivity contribution in [3.05, 3.63) is 35.4 Å². The highest BCUT2D eigenvalue weighted by Gasteiger charge is 2.22. The molecule has 0 aliphatic heterocycles. The van der Waals surface area contributed by atoms with E-state index < -0.39 is 12.0 Å². The monoisotopic (exact) mass is 361 g/mol. The molecule has 0 aromatic heterocycles. The number of benzene rings is 1. The fraction of sp³-hybridized carbons (Fsp3) is 0.526. The summed E-state index contributed by atoms with van der Waals surface area (Å²) in [7, 11) is 0. The molecule has 0 saturated carbocycles. The number of nitrogens with one attached hydrogen (secondary N) is 2. The topological polar surface area (TPSA) is 87.7 Å². The van der Waals surface area contributed by atoms with Crippen LogP contribution >= 0.6 is 0 Å². The second kappa shape index (κ2) is 9.91. The van der Waals surface area contributed by atoms with Gasteiger partial charge in [-0.05, 0) is 43.9 Å². The molecule has 3 amide bonds. The highest BCUT2D eigenvalue weighted by Crippen LogP contribution is 2.29. The highest BCUT2D eigenvalue weighted by molar-refractivity contribution is 5.93. The molecule has 142 valence electrons. The number of amides is 3. The Morgan fingerprint density at radius 3 is 2.62 bits per heavy atom. The minimum Gasteiger partial charge on any atom is -0.450 e. The summed E-state index contributed by atoms with van der Waals surface area (Å²) in [6, 6.07) is 8.18. The molecule has 26 heavy (non-hydrogen) atoms. The number of nitrogens with zero attached hydrogens (tertiary/aromatic N) is 1. The molecule has 2 N–H and O–H groups in total. The summed E-state index contributed by atoms with van der Waals surface area (Å²) in [6.45, 7) is 4.30. The van der Waals surface area contributed by atoms with E-state index in [4.69, 9.17) is 0 Å². The van der Waals surface area contributed by atoms with E-state index in [9.17, 15) is 14.4 Å². The maximum Gasteiger partial charge on any atom is 0.413 e. The van der Waals surface area contributed by atoms with Gasteiger partial charge in [0.25, 0.3) is 0 Å². The number of alkyl carbamates (subject to hydrolysis) is 1. The smallest absolute Gasteiger partial charge is 0.413 e. The second-order valence-corrected chi connectivity index (χ2v) is 6.28. The van der Waals surface area contributed by atoms with Crippen LogP contribution < -0.4 is 10.6 Å². The van der Waals surface area contributed by atoms with E-state index in [0.29, 0.717) is 6.54 Å². The van der Waals surface area contributed by atoms with Gasteiger partial charge in [0.1, 0.15) is 0 Å². The van der Waals surface area contributed by atoms with Gasteiger partial charge in [-0.3, -0.25) is 19.8 Å². The third-order valence-electron chi connectivity index (χ3n) is 4.40. The van der Waals surface area contributed by atoms with Gasteiger partial charge in [-0.1, -0.05) is 31.2 Å². The van der Waals surface area contributed by atoms with Gasteiger partial charge in [0.05, 0.1) is 25.7 Å². The Balaban J connectivity index is 1.86. The third kappa shape index (κ3) is 5.84. The molecule has 0 radical (unpaired) electrons. The van der Waals surface area contributed by atoms with Crippen molar-refractivity contribution < 1.29 is 19.1 Å². The summed E-state index contributed by atoms with van der Waals surface area (Å²) in [5.41, 5.74) is 2.46. The summed E-state index contributed by atoms with van der Waals surface area (Å²) >= 11 is 0. The van der Waals surface area contributed by atoms with Crippen molar-refractivity contribution in [2.75, 3.05) is 26.2 Å². The fourth-order valence-corrected chi connectivity index (χ4v) is 3.15. The van der Waals surface area contributed by atoms with Gasteiger partial charge in [0.15, 0.2) is 0 Å². The van der Waals surface area contributed by atoms with Crippen LogP contribution in [-0.4, -0.2) is 49.0 Å². The first-order valence-corrected chi connectivity index (χ1v) is 9.09. The van der Waals surface area contributed by atoms with E-state index in [1.165, 1.54) is 11.1 Å². The van der Waals surface area contributed by atoms with Crippen molar-refractivity contribution in [2.45, 2.75) is 39.2 Å². The summed E-state index contributed by atoms with van der Waals surface area (Å²) in [5, 5.41) is 5.21. The van der Waals surface area contributed by atoms with Crippen LogP contribution in [0.15, 0.2) is 24.3 Å². The zero-order valence-corrected chi connectivity index (χ0v) is 15.4. The lowest BCUT2D eigenvalue weighted by Gasteiger charge is -2.27. The number of likely N-dealkylation sites (N-methyl/N-ethyl adjacent to an activating group) is 1. The first-order valence-electron chi connectivity index (χ1n) is 9.09. The van der Waals surface area contributed by atoms with Crippen LogP contribution in [0.5, 0.6) is 0 Å². The Morgan fingerprint density at radius 1 is 1.15 bits per heavy atom. The molecule has 1 aliphatic carbocycles. The van der Waals surface area contributed by atoms with E-state index in [2.05, 4.69) is 27.5 Å². The van der Waals surface area contributed by atoms with Crippen molar-refractivity contribution in [1.29, 1.82) is 0 Å². The zero-order chi connectivity index (χ0) is 18.9. The Labute approximate surface area is 154 Å². The van der Waals surface area contributed by atoms with Gasteiger partial charge in [0, 0.05) is 0 Å². The number of rotatable bonds is 7. The molecule has 1 aromatic carbocycles. The molecule has 0 bridgehead atoms. The first-order chi connectivity index (χ1) is 12.5. The Kier molecular flexibility index (Phi) is 7.59. The first kappa shape index (κ1) is 19.9. The normalized spacial score (nSPS) is 15.9. The number of ether oxygens (including phenoxy) is 1. The lowest BCUT2D eigenvalue weighted by Crippen LogP contribution is -2.45. The van der Waals surface area contributed by atoms with Crippen LogP contribution in [-0.2, 0) is 20.7 Å². The number of fused-ring (bicyclic) bond motifs is 1. The van der Waals surface area contributed by atoms with Crippen molar-refractivity contribution in [1.82, 2.24) is 15.5 Å². The van der Waals surface area contributed by atoms with Crippen molar-refractivity contribution in [3.8, 4) is 0 Å². The molecule has 1 atom stereocenters. The molecule has 0 unspecified atom stereocenters. The van der Waals surface area contributed by atoms with Crippen molar-refractivity contribution >= 4 is 17.9 Å². The lowest BCUT2D eigenvalue weighted by atomic mass is 9.88. The zero-order valence-electron chi connectivity index (χ0n) is 15.4. The Bertz CT molecular complexity index is 647. The number of imide groups is 1. The van der Waals surface area contributed by atoms with E-state index in [-0.39, 0.29) is 31.6 Å². The van der Waals surface area contributed by atoms with Crippen molar-refractivity contribution in [3.63, 3.8) is 0 Å². The second-order valence-electron chi connectivity index (χ2n) is 6.28.